The Kier molecular flexibility index (Phi) is 2.61. The van der Waals surface area contributed by atoms with Crippen LogP contribution in [0.25, 0.3) is 0 Å². The summed E-state index contributed by atoms with van der Waals surface area (Å²) in [6, 6.07) is 10.9. The van der Waals surface area contributed by atoms with Gasteiger partial charge in [-0.2, -0.15) is 0 Å². The van der Waals surface area contributed by atoms with Crippen LogP contribution in [0.3, 0.4) is 0 Å². The van der Waals surface area contributed by atoms with Crippen molar-refractivity contribution in [3.63, 3.8) is 0 Å². The molecule has 0 bridgehead atoms. The average molecular weight is 210 g/mol. The zero-order chi connectivity index (χ0) is 9.31. The Labute approximate surface area is 88.5 Å². The zero-order valence-corrected chi connectivity index (χ0v) is 9.62. The quantitative estimate of drug-likeness (QED) is 0.699. The van der Waals surface area contributed by atoms with Gasteiger partial charge in [-0.05, 0) is 24.5 Å². The summed E-state index contributed by atoms with van der Waals surface area (Å²) in [5.74, 6) is 0.777. The SMILES string of the molecule is CSC1(SC)CC1c1ccccc1. The van der Waals surface area contributed by atoms with Gasteiger partial charge in [0.15, 0.2) is 0 Å². The fourth-order valence-corrected chi connectivity index (χ4v) is 3.99. The summed E-state index contributed by atoms with van der Waals surface area (Å²) in [5, 5.41) is 0. The summed E-state index contributed by atoms with van der Waals surface area (Å²) in [6.07, 6.45) is 5.78. The maximum Gasteiger partial charge on any atom is 0.0681 e. The molecule has 1 aromatic carbocycles. The first-order valence-corrected chi connectivity index (χ1v) is 6.92. The van der Waals surface area contributed by atoms with E-state index < -0.39 is 0 Å². The molecule has 1 atom stereocenters. The summed E-state index contributed by atoms with van der Waals surface area (Å²) in [4.78, 5) is 0. The standard InChI is InChI=1S/C11H14S2/c1-12-11(13-2)8-10(11)9-6-4-3-5-7-9/h3-7,10H,8H2,1-2H3. The van der Waals surface area contributed by atoms with E-state index in [1.54, 1.807) is 0 Å². The maximum absolute atomic E-state index is 2.25. The van der Waals surface area contributed by atoms with Crippen LogP contribution in [-0.2, 0) is 0 Å². The Bertz CT molecular complexity index is 277. The van der Waals surface area contributed by atoms with E-state index in [4.69, 9.17) is 0 Å². The van der Waals surface area contributed by atoms with Gasteiger partial charge in [0.05, 0.1) is 4.08 Å². The molecular weight excluding hydrogens is 196 g/mol. The molecule has 1 unspecified atom stereocenters. The molecule has 0 radical (unpaired) electrons. The van der Waals surface area contributed by atoms with Gasteiger partial charge in [0.1, 0.15) is 0 Å². The van der Waals surface area contributed by atoms with Crippen molar-refractivity contribution in [2.24, 2.45) is 0 Å². The summed E-state index contributed by atoms with van der Waals surface area (Å²) < 4.78 is 0.487. The van der Waals surface area contributed by atoms with Gasteiger partial charge in [0.2, 0.25) is 0 Å². The van der Waals surface area contributed by atoms with Crippen molar-refractivity contribution in [1.82, 2.24) is 0 Å². The molecule has 1 aliphatic carbocycles. The summed E-state index contributed by atoms with van der Waals surface area (Å²) in [5.41, 5.74) is 1.51. The topological polar surface area (TPSA) is 0 Å². The summed E-state index contributed by atoms with van der Waals surface area (Å²) in [6.45, 7) is 0. The Balaban J connectivity index is 2.15. The van der Waals surface area contributed by atoms with Gasteiger partial charge in [-0.25, -0.2) is 0 Å². The van der Waals surface area contributed by atoms with Crippen LogP contribution >= 0.6 is 23.5 Å². The summed E-state index contributed by atoms with van der Waals surface area (Å²) >= 11 is 4.01. The van der Waals surface area contributed by atoms with Gasteiger partial charge < -0.3 is 0 Å². The predicted octanol–water partition coefficient (Wildman–Crippen LogP) is 3.60. The van der Waals surface area contributed by atoms with Gasteiger partial charge in [0.25, 0.3) is 0 Å². The minimum absolute atomic E-state index is 0.487. The zero-order valence-electron chi connectivity index (χ0n) is 7.99. The normalized spacial score (nSPS) is 24.3. The lowest BCUT2D eigenvalue weighted by Gasteiger charge is -2.10. The molecule has 1 aliphatic rings. The van der Waals surface area contributed by atoms with Crippen LogP contribution in [0.5, 0.6) is 0 Å². The third-order valence-corrected chi connectivity index (χ3v) is 6.04. The number of hydrogen-bond acceptors (Lipinski definition) is 2. The van der Waals surface area contributed by atoms with E-state index in [-0.39, 0.29) is 0 Å². The molecule has 0 N–H and O–H groups in total. The first-order valence-electron chi connectivity index (χ1n) is 4.47. The monoisotopic (exact) mass is 210 g/mol. The van der Waals surface area contributed by atoms with Crippen LogP contribution in [0.2, 0.25) is 0 Å². The highest BCUT2D eigenvalue weighted by atomic mass is 32.2. The van der Waals surface area contributed by atoms with Crippen LogP contribution in [0.15, 0.2) is 30.3 Å². The number of rotatable bonds is 3. The molecule has 0 spiro atoms. The highest BCUT2D eigenvalue weighted by molar-refractivity contribution is 8.18. The fourth-order valence-electron chi connectivity index (χ4n) is 1.82. The van der Waals surface area contributed by atoms with Crippen molar-refractivity contribution in [2.45, 2.75) is 16.4 Å². The second kappa shape index (κ2) is 3.58. The number of hydrogen-bond donors (Lipinski definition) is 0. The maximum atomic E-state index is 2.25. The molecule has 1 fully saturated rings. The van der Waals surface area contributed by atoms with E-state index >= 15 is 0 Å². The van der Waals surface area contributed by atoms with E-state index in [1.165, 1.54) is 12.0 Å². The van der Waals surface area contributed by atoms with Crippen LogP contribution in [0, 0.1) is 0 Å². The smallest absolute Gasteiger partial charge is 0.0681 e. The molecule has 1 aromatic rings. The number of benzene rings is 1. The molecule has 0 saturated heterocycles. The van der Waals surface area contributed by atoms with Crippen molar-refractivity contribution in [2.75, 3.05) is 12.5 Å². The van der Waals surface area contributed by atoms with E-state index in [2.05, 4.69) is 42.8 Å². The van der Waals surface area contributed by atoms with Crippen molar-refractivity contribution in [3.05, 3.63) is 35.9 Å². The van der Waals surface area contributed by atoms with Crippen molar-refractivity contribution >= 4 is 23.5 Å². The first kappa shape index (κ1) is 9.47. The fraction of sp³-hybridized carbons (Fsp3) is 0.455. The summed E-state index contributed by atoms with van der Waals surface area (Å²) in [7, 11) is 0. The Hall–Kier alpha value is -0.0800. The molecule has 2 heteroatoms. The van der Waals surface area contributed by atoms with E-state index in [0.717, 1.165) is 5.92 Å². The van der Waals surface area contributed by atoms with Crippen LogP contribution < -0.4 is 0 Å². The molecule has 0 heterocycles. The van der Waals surface area contributed by atoms with Crippen molar-refractivity contribution in [1.29, 1.82) is 0 Å². The first-order chi connectivity index (χ1) is 6.32. The Morgan fingerprint density at radius 1 is 1.15 bits per heavy atom. The molecule has 13 heavy (non-hydrogen) atoms. The largest absolute Gasteiger partial charge is 0.147 e. The predicted molar refractivity (Wildman–Crippen MR) is 63.6 cm³/mol. The second-order valence-corrected chi connectivity index (χ2v) is 5.92. The highest BCUT2D eigenvalue weighted by Gasteiger charge is 2.53. The van der Waals surface area contributed by atoms with Gasteiger partial charge in [-0.15, -0.1) is 23.5 Å². The lowest BCUT2D eigenvalue weighted by atomic mass is 10.1. The van der Waals surface area contributed by atoms with E-state index in [0.29, 0.717) is 4.08 Å². The molecule has 70 valence electrons. The lowest BCUT2D eigenvalue weighted by molar-refractivity contribution is 1.12. The van der Waals surface area contributed by atoms with Crippen molar-refractivity contribution in [3.8, 4) is 0 Å². The van der Waals surface area contributed by atoms with Crippen LogP contribution in [-0.4, -0.2) is 16.6 Å². The van der Waals surface area contributed by atoms with Gasteiger partial charge in [-0.1, -0.05) is 30.3 Å². The third-order valence-electron chi connectivity index (χ3n) is 2.75. The molecule has 0 amide bonds. The minimum atomic E-state index is 0.487. The number of thioether (sulfide) groups is 2. The lowest BCUT2D eigenvalue weighted by Crippen LogP contribution is -1.97. The molecule has 0 aliphatic heterocycles. The molecule has 0 nitrogen and oxygen atoms in total. The van der Waals surface area contributed by atoms with Gasteiger partial charge in [0, 0.05) is 5.92 Å². The van der Waals surface area contributed by atoms with Gasteiger partial charge in [-0.3, -0.25) is 0 Å². The minimum Gasteiger partial charge on any atom is -0.147 e. The van der Waals surface area contributed by atoms with Crippen LogP contribution in [0.1, 0.15) is 17.9 Å². The third kappa shape index (κ3) is 1.62. The average Bonchev–Trinajstić information content (AvgIpc) is 2.95. The molecule has 2 rings (SSSR count). The van der Waals surface area contributed by atoms with Crippen molar-refractivity contribution < 1.29 is 0 Å². The second-order valence-electron chi connectivity index (χ2n) is 3.39. The molecule has 0 aromatic heterocycles. The Morgan fingerprint density at radius 3 is 2.23 bits per heavy atom. The van der Waals surface area contributed by atoms with Crippen LogP contribution in [0.4, 0.5) is 0 Å². The molecular formula is C11H14S2. The van der Waals surface area contributed by atoms with E-state index in [9.17, 15) is 0 Å². The highest BCUT2D eigenvalue weighted by Crippen LogP contribution is 2.65. The van der Waals surface area contributed by atoms with E-state index in [1.807, 2.05) is 23.5 Å². The molecule has 1 saturated carbocycles. The Morgan fingerprint density at radius 2 is 1.77 bits per heavy atom. The van der Waals surface area contributed by atoms with Gasteiger partial charge >= 0.3 is 0 Å².